The minimum Gasteiger partial charge on any atom is -0.493 e. The molecule has 164 valence electrons. The average Bonchev–Trinajstić information content (AvgIpc) is 2.74. The summed E-state index contributed by atoms with van der Waals surface area (Å²) in [6.45, 7) is 3.50. The van der Waals surface area contributed by atoms with E-state index in [1.807, 2.05) is 56.6 Å². The second kappa shape index (κ2) is 13.5. The molecule has 0 saturated carbocycles. The van der Waals surface area contributed by atoms with Crippen LogP contribution >= 0.6 is 0 Å². The summed E-state index contributed by atoms with van der Waals surface area (Å²) in [5.74, 6) is 2.37. The standard InChI is InChI=1S/C23H34N4O3/c1-24-23(26-20-9-6-11-22(17-20)29-14-7-13-28-4)25-18-19-8-5-10-21(16-19)30-15-12-27(2)3/h5-6,8-11,16-17H,7,12-15,18H2,1-4H3,(H2,24,25,26). The van der Waals surface area contributed by atoms with E-state index in [-0.39, 0.29) is 0 Å². The molecular weight excluding hydrogens is 380 g/mol. The van der Waals surface area contributed by atoms with Crippen molar-refractivity contribution in [3.05, 3.63) is 54.1 Å². The summed E-state index contributed by atoms with van der Waals surface area (Å²) < 4.78 is 16.6. The van der Waals surface area contributed by atoms with Crippen LogP contribution in [0.3, 0.4) is 0 Å². The normalized spacial score (nSPS) is 11.4. The number of hydrogen-bond donors (Lipinski definition) is 2. The van der Waals surface area contributed by atoms with Crippen molar-refractivity contribution >= 4 is 11.6 Å². The molecule has 0 aromatic heterocycles. The lowest BCUT2D eigenvalue weighted by Crippen LogP contribution is -2.30. The minimum absolute atomic E-state index is 0.622. The van der Waals surface area contributed by atoms with Gasteiger partial charge in [-0.1, -0.05) is 18.2 Å². The second-order valence-corrected chi connectivity index (χ2v) is 7.07. The van der Waals surface area contributed by atoms with Crippen LogP contribution in [0, 0.1) is 0 Å². The van der Waals surface area contributed by atoms with Crippen LogP contribution in [0.5, 0.6) is 11.5 Å². The third kappa shape index (κ3) is 9.15. The average molecular weight is 415 g/mol. The van der Waals surface area contributed by atoms with Gasteiger partial charge in [0.15, 0.2) is 5.96 Å². The highest BCUT2D eigenvalue weighted by Crippen LogP contribution is 2.18. The first-order valence-corrected chi connectivity index (χ1v) is 10.2. The number of likely N-dealkylation sites (N-methyl/N-ethyl adjacent to an activating group) is 1. The van der Waals surface area contributed by atoms with E-state index < -0.39 is 0 Å². The molecule has 30 heavy (non-hydrogen) atoms. The maximum Gasteiger partial charge on any atom is 0.195 e. The van der Waals surface area contributed by atoms with E-state index in [1.165, 1.54) is 0 Å². The lowest BCUT2D eigenvalue weighted by atomic mass is 10.2. The number of nitrogens with one attached hydrogen (secondary N) is 2. The summed E-state index contributed by atoms with van der Waals surface area (Å²) in [7, 11) is 7.51. The van der Waals surface area contributed by atoms with Gasteiger partial charge in [0.1, 0.15) is 18.1 Å². The lowest BCUT2D eigenvalue weighted by Gasteiger charge is -2.14. The maximum atomic E-state index is 5.81. The predicted molar refractivity (Wildman–Crippen MR) is 123 cm³/mol. The smallest absolute Gasteiger partial charge is 0.195 e. The molecule has 0 bridgehead atoms. The van der Waals surface area contributed by atoms with Gasteiger partial charge in [0.05, 0.1) is 6.61 Å². The molecule has 0 aliphatic rings. The van der Waals surface area contributed by atoms with E-state index in [1.54, 1.807) is 14.2 Å². The van der Waals surface area contributed by atoms with Gasteiger partial charge in [-0.15, -0.1) is 0 Å². The van der Waals surface area contributed by atoms with E-state index in [9.17, 15) is 0 Å². The number of hydrogen-bond acceptors (Lipinski definition) is 5. The van der Waals surface area contributed by atoms with Crippen LogP contribution in [-0.4, -0.2) is 65.5 Å². The topological polar surface area (TPSA) is 67.4 Å². The fourth-order valence-corrected chi connectivity index (χ4v) is 2.65. The number of benzene rings is 2. The highest BCUT2D eigenvalue weighted by molar-refractivity contribution is 5.93. The Labute approximate surface area is 180 Å². The number of methoxy groups -OCH3 is 1. The van der Waals surface area contributed by atoms with Crippen molar-refractivity contribution in [3.8, 4) is 11.5 Å². The summed E-state index contributed by atoms with van der Waals surface area (Å²) in [4.78, 5) is 6.40. The maximum absolute atomic E-state index is 5.81. The first-order chi connectivity index (χ1) is 14.6. The van der Waals surface area contributed by atoms with Crippen molar-refractivity contribution in [2.45, 2.75) is 13.0 Å². The van der Waals surface area contributed by atoms with Crippen LogP contribution in [0.15, 0.2) is 53.5 Å². The molecule has 2 rings (SSSR count). The van der Waals surface area contributed by atoms with Crippen LogP contribution in [0.4, 0.5) is 5.69 Å². The molecule has 0 spiro atoms. The van der Waals surface area contributed by atoms with Crippen molar-refractivity contribution < 1.29 is 14.2 Å². The number of guanidine groups is 1. The van der Waals surface area contributed by atoms with Gasteiger partial charge in [-0.2, -0.15) is 0 Å². The largest absolute Gasteiger partial charge is 0.493 e. The first kappa shape index (κ1) is 23.5. The quantitative estimate of drug-likeness (QED) is 0.316. The molecule has 7 heteroatoms. The molecule has 2 aromatic carbocycles. The third-order valence-corrected chi connectivity index (χ3v) is 4.25. The zero-order valence-corrected chi connectivity index (χ0v) is 18.5. The second-order valence-electron chi connectivity index (χ2n) is 7.07. The zero-order chi connectivity index (χ0) is 21.6. The van der Waals surface area contributed by atoms with Crippen LogP contribution in [-0.2, 0) is 11.3 Å². The Bertz CT molecular complexity index is 781. The van der Waals surface area contributed by atoms with Gasteiger partial charge in [0.25, 0.3) is 0 Å². The summed E-state index contributed by atoms with van der Waals surface area (Å²) in [6, 6.07) is 15.9. The molecule has 0 unspecified atom stereocenters. The Balaban J connectivity index is 1.85. The van der Waals surface area contributed by atoms with Gasteiger partial charge < -0.3 is 29.7 Å². The Hall–Kier alpha value is -2.77. The van der Waals surface area contributed by atoms with Gasteiger partial charge in [-0.05, 0) is 43.9 Å². The van der Waals surface area contributed by atoms with Crippen molar-refractivity contribution in [2.75, 3.05) is 59.9 Å². The summed E-state index contributed by atoms with van der Waals surface area (Å²) >= 11 is 0. The first-order valence-electron chi connectivity index (χ1n) is 10.2. The Morgan fingerprint density at radius 2 is 1.70 bits per heavy atom. The van der Waals surface area contributed by atoms with Gasteiger partial charge in [0.2, 0.25) is 0 Å². The number of aliphatic imine (C=N–C) groups is 1. The Morgan fingerprint density at radius 3 is 2.43 bits per heavy atom. The van der Waals surface area contributed by atoms with Gasteiger partial charge >= 0.3 is 0 Å². The SMILES string of the molecule is CN=C(NCc1cccc(OCCN(C)C)c1)Nc1cccc(OCCCOC)c1. The van der Waals surface area contributed by atoms with E-state index in [0.717, 1.165) is 35.7 Å². The number of anilines is 1. The molecule has 7 nitrogen and oxygen atoms in total. The van der Waals surface area contributed by atoms with Gasteiger partial charge in [-0.25, -0.2) is 0 Å². The molecule has 0 amide bonds. The molecule has 0 aliphatic carbocycles. The van der Waals surface area contributed by atoms with Crippen molar-refractivity contribution in [2.24, 2.45) is 4.99 Å². The van der Waals surface area contributed by atoms with E-state index in [0.29, 0.717) is 32.3 Å². The van der Waals surface area contributed by atoms with E-state index in [4.69, 9.17) is 14.2 Å². The van der Waals surface area contributed by atoms with Crippen LogP contribution in [0.2, 0.25) is 0 Å². The fraction of sp³-hybridized carbons (Fsp3) is 0.435. The van der Waals surface area contributed by atoms with Crippen molar-refractivity contribution in [1.29, 1.82) is 0 Å². The van der Waals surface area contributed by atoms with Crippen LogP contribution in [0.25, 0.3) is 0 Å². The molecule has 0 heterocycles. The molecule has 0 fully saturated rings. The summed E-state index contributed by atoms with van der Waals surface area (Å²) in [6.07, 6.45) is 0.856. The highest BCUT2D eigenvalue weighted by Gasteiger charge is 2.03. The predicted octanol–water partition coefficient (Wildman–Crippen LogP) is 3.23. The number of ether oxygens (including phenoxy) is 3. The van der Waals surface area contributed by atoms with Gasteiger partial charge in [-0.3, -0.25) is 4.99 Å². The van der Waals surface area contributed by atoms with E-state index in [2.05, 4.69) is 26.6 Å². The summed E-state index contributed by atoms with van der Waals surface area (Å²) in [5.41, 5.74) is 2.03. The van der Waals surface area contributed by atoms with E-state index >= 15 is 0 Å². The zero-order valence-electron chi connectivity index (χ0n) is 18.5. The molecule has 0 radical (unpaired) electrons. The van der Waals surface area contributed by atoms with Gasteiger partial charge in [0, 0.05) is 52.0 Å². The molecule has 0 aliphatic heterocycles. The van der Waals surface area contributed by atoms with Crippen LogP contribution in [0.1, 0.15) is 12.0 Å². The lowest BCUT2D eigenvalue weighted by molar-refractivity contribution is 0.172. The summed E-state index contributed by atoms with van der Waals surface area (Å²) in [5, 5.41) is 6.63. The molecule has 2 N–H and O–H groups in total. The fourth-order valence-electron chi connectivity index (χ4n) is 2.65. The molecule has 0 atom stereocenters. The minimum atomic E-state index is 0.622. The van der Waals surface area contributed by atoms with Crippen LogP contribution < -0.4 is 20.1 Å². The number of nitrogens with zero attached hydrogens (tertiary/aromatic N) is 2. The van der Waals surface area contributed by atoms with Crippen molar-refractivity contribution in [1.82, 2.24) is 10.2 Å². The molecule has 2 aromatic rings. The number of rotatable bonds is 12. The van der Waals surface area contributed by atoms with Crippen molar-refractivity contribution in [3.63, 3.8) is 0 Å². The monoisotopic (exact) mass is 414 g/mol. The third-order valence-electron chi connectivity index (χ3n) is 4.25. The Kier molecular flexibility index (Phi) is 10.5. The Morgan fingerprint density at radius 1 is 0.967 bits per heavy atom. The molecule has 0 saturated heterocycles. The molecular formula is C23H34N4O3. The highest BCUT2D eigenvalue weighted by atomic mass is 16.5.